The van der Waals surface area contributed by atoms with Gasteiger partial charge >= 0.3 is 0 Å². The highest BCUT2D eigenvalue weighted by Crippen LogP contribution is 2.45. The molecule has 0 radical (unpaired) electrons. The maximum atomic E-state index is 6.25. The maximum Gasteiger partial charge on any atom is 0.135 e. The molecule has 2 heteroatoms. The fraction of sp³-hybridized carbons (Fsp3) is 0. The summed E-state index contributed by atoms with van der Waals surface area (Å²) in [6.07, 6.45) is 0. The highest BCUT2D eigenvalue weighted by atomic mass is 16.3. The molecule has 9 rings (SSSR count). The van der Waals surface area contributed by atoms with E-state index in [4.69, 9.17) is 4.42 Å². The molecule has 0 atom stereocenters. The summed E-state index contributed by atoms with van der Waals surface area (Å²) in [6, 6.07) is 62.9. The summed E-state index contributed by atoms with van der Waals surface area (Å²) in [6.45, 7) is 0. The Labute approximate surface area is 267 Å². The van der Waals surface area contributed by atoms with Crippen molar-refractivity contribution in [3.63, 3.8) is 0 Å². The van der Waals surface area contributed by atoms with Crippen molar-refractivity contribution in [2.24, 2.45) is 0 Å². The van der Waals surface area contributed by atoms with E-state index in [-0.39, 0.29) is 0 Å². The fourth-order valence-electron chi connectivity index (χ4n) is 6.90. The van der Waals surface area contributed by atoms with E-state index in [2.05, 4.69) is 169 Å². The summed E-state index contributed by atoms with van der Waals surface area (Å²) in [4.78, 5) is 2.41. The highest BCUT2D eigenvalue weighted by Gasteiger charge is 2.20. The van der Waals surface area contributed by atoms with Gasteiger partial charge in [-0.05, 0) is 80.9 Å². The molecule has 0 unspecified atom stereocenters. The second kappa shape index (κ2) is 10.8. The van der Waals surface area contributed by atoms with Crippen LogP contribution in [-0.2, 0) is 0 Å². The Morgan fingerprint density at radius 1 is 0.348 bits per heavy atom. The molecule has 216 valence electrons. The van der Waals surface area contributed by atoms with Crippen LogP contribution >= 0.6 is 0 Å². The first-order valence-electron chi connectivity index (χ1n) is 15.7. The summed E-state index contributed by atoms with van der Waals surface area (Å²) < 4.78 is 6.25. The minimum absolute atomic E-state index is 0.887. The quantitative estimate of drug-likeness (QED) is 0.186. The first-order valence-corrected chi connectivity index (χ1v) is 15.7. The van der Waals surface area contributed by atoms with Crippen LogP contribution in [0, 0.1) is 0 Å². The molecule has 1 heterocycles. The van der Waals surface area contributed by atoms with E-state index in [1.807, 2.05) is 12.1 Å². The molecule has 0 amide bonds. The Morgan fingerprint density at radius 2 is 0.913 bits per heavy atom. The van der Waals surface area contributed by atoms with Crippen molar-refractivity contribution in [1.82, 2.24) is 0 Å². The first kappa shape index (κ1) is 26.3. The predicted molar refractivity (Wildman–Crippen MR) is 194 cm³/mol. The van der Waals surface area contributed by atoms with Crippen LogP contribution in [0.2, 0.25) is 0 Å². The molecule has 0 N–H and O–H groups in total. The Balaban J connectivity index is 1.36. The fourth-order valence-corrected chi connectivity index (χ4v) is 6.90. The molecule has 1 aromatic heterocycles. The van der Waals surface area contributed by atoms with Crippen LogP contribution in [0.4, 0.5) is 17.1 Å². The lowest BCUT2D eigenvalue weighted by Gasteiger charge is -2.28. The van der Waals surface area contributed by atoms with Gasteiger partial charge in [-0.3, -0.25) is 0 Å². The molecule has 0 aliphatic carbocycles. The molecule has 8 aromatic carbocycles. The van der Waals surface area contributed by atoms with Crippen molar-refractivity contribution >= 4 is 60.5 Å². The van der Waals surface area contributed by atoms with Crippen LogP contribution in [0.1, 0.15) is 0 Å². The summed E-state index contributed by atoms with van der Waals surface area (Å²) in [5.41, 5.74) is 9.85. The van der Waals surface area contributed by atoms with Crippen LogP contribution in [0.15, 0.2) is 180 Å². The topological polar surface area (TPSA) is 16.4 Å². The van der Waals surface area contributed by atoms with Gasteiger partial charge in [0.15, 0.2) is 0 Å². The standard InChI is InChI=1S/C44H29NO/c1-3-13-30(14-4-1)36-25-23-33(28-40(36)31-15-5-2-6-16-31)45(34-24-26-44-41(29-34)39-21-11-12-22-43(39)46-44)42-27-32-17-7-8-18-35(32)37-19-9-10-20-38(37)42/h1-29H. The number of rotatable bonds is 5. The molecule has 0 bridgehead atoms. The van der Waals surface area contributed by atoms with Gasteiger partial charge in [-0.1, -0.05) is 133 Å². The van der Waals surface area contributed by atoms with Crippen LogP contribution in [0.25, 0.3) is 65.7 Å². The summed E-state index contributed by atoms with van der Waals surface area (Å²) in [5, 5.41) is 7.12. The van der Waals surface area contributed by atoms with E-state index in [0.29, 0.717) is 0 Å². The molecular weight excluding hydrogens is 558 g/mol. The zero-order valence-corrected chi connectivity index (χ0v) is 25.1. The lowest BCUT2D eigenvalue weighted by atomic mass is 9.93. The smallest absolute Gasteiger partial charge is 0.135 e. The molecule has 0 aliphatic heterocycles. The van der Waals surface area contributed by atoms with Crippen molar-refractivity contribution in [3.8, 4) is 22.3 Å². The largest absolute Gasteiger partial charge is 0.456 e. The zero-order chi connectivity index (χ0) is 30.5. The lowest BCUT2D eigenvalue weighted by molar-refractivity contribution is 0.669. The van der Waals surface area contributed by atoms with Gasteiger partial charge in [-0.25, -0.2) is 0 Å². The van der Waals surface area contributed by atoms with Gasteiger partial charge in [0, 0.05) is 27.5 Å². The van der Waals surface area contributed by atoms with Crippen LogP contribution < -0.4 is 4.90 Å². The minimum Gasteiger partial charge on any atom is -0.456 e. The number of hydrogen-bond acceptors (Lipinski definition) is 2. The molecule has 0 spiro atoms. The molecule has 0 fully saturated rings. The predicted octanol–water partition coefficient (Wildman–Crippen LogP) is 12.7. The lowest BCUT2D eigenvalue weighted by Crippen LogP contribution is -2.11. The molecule has 0 saturated heterocycles. The summed E-state index contributed by atoms with van der Waals surface area (Å²) in [7, 11) is 0. The number of furan rings is 1. The van der Waals surface area contributed by atoms with E-state index in [0.717, 1.165) is 39.0 Å². The third kappa shape index (κ3) is 4.35. The summed E-state index contributed by atoms with van der Waals surface area (Å²) >= 11 is 0. The van der Waals surface area contributed by atoms with E-state index in [9.17, 15) is 0 Å². The number of hydrogen-bond donors (Lipinski definition) is 0. The second-order valence-electron chi connectivity index (χ2n) is 11.7. The Kier molecular flexibility index (Phi) is 6.17. The Morgan fingerprint density at radius 3 is 1.70 bits per heavy atom. The molecule has 0 aliphatic rings. The van der Waals surface area contributed by atoms with Gasteiger partial charge in [-0.15, -0.1) is 0 Å². The average Bonchev–Trinajstić information content (AvgIpc) is 3.51. The maximum absolute atomic E-state index is 6.25. The third-order valence-corrected chi connectivity index (χ3v) is 9.04. The molecule has 46 heavy (non-hydrogen) atoms. The van der Waals surface area contributed by atoms with Crippen molar-refractivity contribution < 1.29 is 4.42 Å². The van der Waals surface area contributed by atoms with E-state index >= 15 is 0 Å². The number of fused-ring (bicyclic) bond motifs is 6. The highest BCUT2D eigenvalue weighted by molar-refractivity contribution is 6.15. The van der Waals surface area contributed by atoms with Crippen molar-refractivity contribution in [2.45, 2.75) is 0 Å². The molecule has 0 saturated carbocycles. The van der Waals surface area contributed by atoms with Gasteiger partial charge in [0.05, 0.1) is 5.69 Å². The number of para-hydroxylation sites is 1. The van der Waals surface area contributed by atoms with E-state index in [1.165, 1.54) is 43.8 Å². The monoisotopic (exact) mass is 587 g/mol. The minimum atomic E-state index is 0.887. The second-order valence-corrected chi connectivity index (χ2v) is 11.7. The SMILES string of the molecule is c1ccc(-c2ccc(N(c3ccc4oc5ccccc5c4c3)c3cc4ccccc4c4ccccc34)cc2-c2ccccc2)cc1. The first-order chi connectivity index (χ1) is 22.8. The molecular formula is C44H29NO. The van der Waals surface area contributed by atoms with Gasteiger partial charge < -0.3 is 9.32 Å². The summed E-state index contributed by atoms with van der Waals surface area (Å²) in [5.74, 6) is 0. The van der Waals surface area contributed by atoms with Crippen molar-refractivity contribution in [1.29, 1.82) is 0 Å². The van der Waals surface area contributed by atoms with E-state index in [1.54, 1.807) is 0 Å². The van der Waals surface area contributed by atoms with Crippen molar-refractivity contribution in [2.75, 3.05) is 4.90 Å². The number of anilines is 3. The van der Waals surface area contributed by atoms with E-state index < -0.39 is 0 Å². The number of benzene rings is 8. The van der Waals surface area contributed by atoms with Gasteiger partial charge in [-0.2, -0.15) is 0 Å². The number of nitrogens with zero attached hydrogens (tertiary/aromatic N) is 1. The van der Waals surface area contributed by atoms with Crippen molar-refractivity contribution in [3.05, 3.63) is 176 Å². The normalized spacial score (nSPS) is 11.5. The van der Waals surface area contributed by atoms with Crippen LogP contribution in [-0.4, -0.2) is 0 Å². The zero-order valence-electron chi connectivity index (χ0n) is 25.1. The average molecular weight is 588 g/mol. The Bertz CT molecular complexity index is 2530. The van der Waals surface area contributed by atoms with Crippen LogP contribution in [0.3, 0.4) is 0 Å². The molecule has 2 nitrogen and oxygen atoms in total. The van der Waals surface area contributed by atoms with Crippen LogP contribution in [0.5, 0.6) is 0 Å². The van der Waals surface area contributed by atoms with Gasteiger partial charge in [0.2, 0.25) is 0 Å². The van der Waals surface area contributed by atoms with Gasteiger partial charge in [0.25, 0.3) is 0 Å². The molecule has 9 aromatic rings. The third-order valence-electron chi connectivity index (χ3n) is 9.04. The Hall–Kier alpha value is -6.12. The van der Waals surface area contributed by atoms with Gasteiger partial charge in [0.1, 0.15) is 11.2 Å².